The van der Waals surface area contributed by atoms with Gasteiger partial charge in [-0.25, -0.2) is 9.97 Å². The maximum atomic E-state index is 12.8. The summed E-state index contributed by atoms with van der Waals surface area (Å²) in [5.74, 6) is 0.916. The van der Waals surface area contributed by atoms with E-state index >= 15 is 0 Å². The van der Waals surface area contributed by atoms with E-state index in [1.54, 1.807) is 18.6 Å². The van der Waals surface area contributed by atoms with E-state index in [1.165, 1.54) is 0 Å². The standard InChI is InChI=1S/C22H24N6O/c1-15-10-18(27-21-7-3-4-8-23-21)11-19(26-15)17-6-5-9-28(14-17)22(29)20-13-24-16(2)12-25-20/h3-4,7-8,10-13,17H,5-6,9,14H2,1-2H3,(H,23,26,27)/t17-/m1/s1. The Labute approximate surface area is 170 Å². The smallest absolute Gasteiger partial charge is 0.274 e. The quantitative estimate of drug-likeness (QED) is 0.734. The molecule has 4 rings (SSSR count). The second kappa shape index (κ2) is 8.34. The number of carbonyl (C=O) groups is 1. The summed E-state index contributed by atoms with van der Waals surface area (Å²) in [6.45, 7) is 5.21. The number of carbonyl (C=O) groups excluding carboxylic acids is 1. The molecule has 7 heteroatoms. The number of aromatic nitrogens is 4. The van der Waals surface area contributed by atoms with Crippen LogP contribution in [-0.2, 0) is 0 Å². The van der Waals surface area contributed by atoms with Crippen molar-refractivity contribution in [2.45, 2.75) is 32.6 Å². The maximum absolute atomic E-state index is 12.8. The van der Waals surface area contributed by atoms with Crippen molar-refractivity contribution in [3.8, 4) is 0 Å². The van der Waals surface area contributed by atoms with Crippen molar-refractivity contribution < 1.29 is 4.79 Å². The third-order valence-corrected chi connectivity index (χ3v) is 5.04. The molecule has 148 valence electrons. The van der Waals surface area contributed by atoms with E-state index in [0.29, 0.717) is 12.2 Å². The molecule has 7 nitrogen and oxygen atoms in total. The molecule has 29 heavy (non-hydrogen) atoms. The van der Waals surface area contributed by atoms with Crippen LogP contribution in [0.5, 0.6) is 0 Å². The van der Waals surface area contributed by atoms with Crippen molar-refractivity contribution in [1.29, 1.82) is 0 Å². The van der Waals surface area contributed by atoms with Gasteiger partial charge in [0.2, 0.25) is 0 Å². The van der Waals surface area contributed by atoms with Crippen LogP contribution in [0.1, 0.15) is 46.3 Å². The Bertz CT molecular complexity index is 990. The molecule has 3 aromatic rings. The highest BCUT2D eigenvalue weighted by Gasteiger charge is 2.27. The van der Waals surface area contributed by atoms with E-state index in [1.807, 2.05) is 43.0 Å². The van der Waals surface area contributed by atoms with Crippen molar-refractivity contribution in [2.24, 2.45) is 0 Å². The average Bonchev–Trinajstić information content (AvgIpc) is 2.74. The first-order chi connectivity index (χ1) is 14.1. The predicted octanol–water partition coefficient (Wildman–Crippen LogP) is 3.65. The van der Waals surface area contributed by atoms with E-state index in [2.05, 4.69) is 26.3 Å². The number of amides is 1. The Morgan fingerprint density at radius 3 is 2.76 bits per heavy atom. The summed E-state index contributed by atoms with van der Waals surface area (Å²) in [4.78, 5) is 32.2. The summed E-state index contributed by atoms with van der Waals surface area (Å²) >= 11 is 0. The fourth-order valence-corrected chi connectivity index (χ4v) is 3.63. The molecule has 1 atom stereocenters. The molecular weight excluding hydrogens is 364 g/mol. The molecule has 4 heterocycles. The number of hydrogen-bond donors (Lipinski definition) is 1. The summed E-state index contributed by atoms with van der Waals surface area (Å²) in [7, 11) is 0. The molecule has 1 N–H and O–H groups in total. The number of nitrogens with zero attached hydrogens (tertiary/aromatic N) is 5. The van der Waals surface area contributed by atoms with Gasteiger partial charge in [0, 0.05) is 48.5 Å². The predicted molar refractivity (Wildman–Crippen MR) is 111 cm³/mol. The molecule has 1 aliphatic rings. The van der Waals surface area contributed by atoms with Crippen LogP contribution in [0.2, 0.25) is 0 Å². The summed E-state index contributed by atoms with van der Waals surface area (Å²) in [5, 5.41) is 3.34. The number of hydrogen-bond acceptors (Lipinski definition) is 6. The molecule has 0 radical (unpaired) electrons. The van der Waals surface area contributed by atoms with Crippen LogP contribution in [0, 0.1) is 13.8 Å². The molecule has 1 saturated heterocycles. The van der Waals surface area contributed by atoms with Crippen LogP contribution < -0.4 is 5.32 Å². The van der Waals surface area contributed by atoms with Gasteiger partial charge < -0.3 is 10.2 Å². The van der Waals surface area contributed by atoms with Gasteiger partial charge in [-0.05, 0) is 51.0 Å². The number of pyridine rings is 2. The first-order valence-electron chi connectivity index (χ1n) is 9.83. The van der Waals surface area contributed by atoms with Gasteiger partial charge in [0.05, 0.1) is 11.9 Å². The van der Waals surface area contributed by atoms with E-state index in [0.717, 1.165) is 48.0 Å². The monoisotopic (exact) mass is 388 g/mol. The lowest BCUT2D eigenvalue weighted by atomic mass is 9.93. The lowest BCUT2D eigenvalue weighted by Gasteiger charge is -2.32. The van der Waals surface area contributed by atoms with Crippen molar-refractivity contribution in [3.05, 3.63) is 71.7 Å². The van der Waals surface area contributed by atoms with Gasteiger partial charge in [-0.15, -0.1) is 0 Å². The lowest BCUT2D eigenvalue weighted by molar-refractivity contribution is 0.0699. The minimum Gasteiger partial charge on any atom is -0.340 e. The van der Waals surface area contributed by atoms with E-state index in [9.17, 15) is 4.79 Å². The van der Waals surface area contributed by atoms with Crippen molar-refractivity contribution in [2.75, 3.05) is 18.4 Å². The van der Waals surface area contributed by atoms with Gasteiger partial charge in [0.15, 0.2) is 0 Å². The first-order valence-corrected chi connectivity index (χ1v) is 9.83. The third-order valence-electron chi connectivity index (χ3n) is 5.04. The van der Waals surface area contributed by atoms with E-state index in [4.69, 9.17) is 4.98 Å². The maximum Gasteiger partial charge on any atom is 0.274 e. The Balaban J connectivity index is 1.52. The first kappa shape index (κ1) is 19.0. The van der Waals surface area contributed by atoms with E-state index in [-0.39, 0.29) is 11.8 Å². The Kier molecular flexibility index (Phi) is 5.46. The number of rotatable bonds is 4. The van der Waals surface area contributed by atoms with Gasteiger partial charge in [-0.1, -0.05) is 6.07 Å². The number of likely N-dealkylation sites (tertiary alicyclic amines) is 1. The molecule has 0 aliphatic carbocycles. The second-order valence-electron chi connectivity index (χ2n) is 7.40. The SMILES string of the molecule is Cc1cnc(C(=O)N2CCC[C@@H](c3cc(Nc4ccccn4)cc(C)n3)C2)cn1. The summed E-state index contributed by atoms with van der Waals surface area (Å²) in [6.07, 6.45) is 6.89. The van der Waals surface area contributed by atoms with Gasteiger partial charge >= 0.3 is 0 Å². The fraction of sp³-hybridized carbons (Fsp3) is 0.318. The molecule has 3 aromatic heterocycles. The number of nitrogens with one attached hydrogen (secondary N) is 1. The number of aryl methyl sites for hydroxylation is 2. The molecule has 0 saturated carbocycles. The fourth-order valence-electron chi connectivity index (χ4n) is 3.63. The van der Waals surface area contributed by atoms with E-state index < -0.39 is 0 Å². The second-order valence-corrected chi connectivity index (χ2v) is 7.40. The minimum atomic E-state index is -0.0679. The molecule has 0 unspecified atom stereocenters. The zero-order chi connectivity index (χ0) is 20.2. The average molecular weight is 388 g/mol. The third kappa shape index (κ3) is 4.56. The zero-order valence-electron chi connectivity index (χ0n) is 16.7. The highest BCUT2D eigenvalue weighted by Crippen LogP contribution is 2.29. The van der Waals surface area contributed by atoms with Crippen molar-refractivity contribution in [1.82, 2.24) is 24.8 Å². The largest absolute Gasteiger partial charge is 0.340 e. The Hall–Kier alpha value is -3.35. The molecular formula is C22H24N6O. The Morgan fingerprint density at radius 1 is 1.10 bits per heavy atom. The van der Waals surface area contributed by atoms with Crippen LogP contribution in [0.15, 0.2) is 48.9 Å². The molecule has 1 amide bonds. The normalized spacial score (nSPS) is 16.5. The Morgan fingerprint density at radius 2 is 2.00 bits per heavy atom. The summed E-state index contributed by atoms with van der Waals surface area (Å²) in [6, 6.07) is 9.83. The van der Waals surface area contributed by atoms with Crippen LogP contribution >= 0.6 is 0 Å². The summed E-state index contributed by atoms with van der Waals surface area (Å²) < 4.78 is 0. The van der Waals surface area contributed by atoms with Crippen molar-refractivity contribution >= 4 is 17.4 Å². The van der Waals surface area contributed by atoms with Gasteiger partial charge in [0.1, 0.15) is 11.5 Å². The molecule has 0 aromatic carbocycles. The number of anilines is 2. The molecule has 0 bridgehead atoms. The van der Waals surface area contributed by atoms with Crippen molar-refractivity contribution in [3.63, 3.8) is 0 Å². The zero-order valence-corrected chi connectivity index (χ0v) is 16.7. The van der Waals surface area contributed by atoms with Gasteiger partial charge in [0.25, 0.3) is 5.91 Å². The minimum absolute atomic E-state index is 0.0679. The van der Waals surface area contributed by atoms with Gasteiger partial charge in [-0.3, -0.25) is 14.8 Å². The van der Waals surface area contributed by atoms with Gasteiger partial charge in [-0.2, -0.15) is 0 Å². The van der Waals surface area contributed by atoms with Crippen LogP contribution in [0.4, 0.5) is 11.5 Å². The highest BCUT2D eigenvalue weighted by molar-refractivity contribution is 5.92. The topological polar surface area (TPSA) is 83.9 Å². The van der Waals surface area contributed by atoms with Crippen LogP contribution in [-0.4, -0.2) is 43.8 Å². The van der Waals surface area contributed by atoms with Crippen LogP contribution in [0.3, 0.4) is 0 Å². The lowest BCUT2D eigenvalue weighted by Crippen LogP contribution is -2.39. The van der Waals surface area contributed by atoms with Crippen LogP contribution in [0.25, 0.3) is 0 Å². The molecule has 1 fully saturated rings. The molecule has 0 spiro atoms. The highest BCUT2D eigenvalue weighted by atomic mass is 16.2. The summed E-state index contributed by atoms with van der Waals surface area (Å²) in [5.41, 5.74) is 4.09. The molecule has 1 aliphatic heterocycles. The number of piperidine rings is 1.